The van der Waals surface area contributed by atoms with E-state index in [2.05, 4.69) is 52.6 Å². The standard InChI is InChI=1S/C23H23Br2NO5/c1-23(2,3)18-12-15(25)6-8-19(18)31-13-20(27)30-10-4-9-26-21(28)16-7-5-14(24)11-17(16)22(26)29/h5-8,11-12H,4,9-10,13H2,1-3H3. The number of imide groups is 1. The molecule has 31 heavy (non-hydrogen) atoms. The number of ether oxygens (including phenoxy) is 2. The Labute approximate surface area is 198 Å². The largest absolute Gasteiger partial charge is 0.482 e. The third kappa shape index (κ3) is 5.54. The van der Waals surface area contributed by atoms with Crippen LogP contribution in [0.1, 0.15) is 53.5 Å². The number of benzene rings is 2. The smallest absolute Gasteiger partial charge is 0.344 e. The van der Waals surface area contributed by atoms with Crippen molar-refractivity contribution in [1.82, 2.24) is 4.90 Å². The second-order valence-electron chi connectivity index (χ2n) is 8.21. The first-order valence-corrected chi connectivity index (χ1v) is 11.4. The molecule has 0 bridgehead atoms. The number of rotatable bonds is 7. The number of fused-ring (bicyclic) bond motifs is 1. The molecule has 2 aromatic rings. The van der Waals surface area contributed by atoms with Crippen LogP contribution in [-0.4, -0.2) is 42.4 Å². The lowest BCUT2D eigenvalue weighted by Crippen LogP contribution is -2.31. The highest BCUT2D eigenvalue weighted by Gasteiger charge is 2.35. The summed E-state index contributed by atoms with van der Waals surface area (Å²) in [6, 6.07) is 10.6. The molecule has 3 rings (SSSR count). The maximum Gasteiger partial charge on any atom is 0.344 e. The van der Waals surface area contributed by atoms with E-state index in [1.165, 1.54) is 4.90 Å². The van der Waals surface area contributed by atoms with E-state index in [-0.39, 0.29) is 37.0 Å². The van der Waals surface area contributed by atoms with Crippen LogP contribution in [-0.2, 0) is 14.9 Å². The van der Waals surface area contributed by atoms with Crippen molar-refractivity contribution in [3.8, 4) is 5.75 Å². The second-order valence-corrected chi connectivity index (χ2v) is 10.0. The van der Waals surface area contributed by atoms with Crippen LogP contribution >= 0.6 is 31.9 Å². The molecule has 0 N–H and O–H groups in total. The zero-order chi connectivity index (χ0) is 22.8. The molecule has 2 aromatic carbocycles. The SMILES string of the molecule is CC(C)(C)c1cc(Br)ccc1OCC(=O)OCCCN1C(=O)c2ccc(Br)cc2C1=O. The zero-order valence-corrected chi connectivity index (χ0v) is 20.7. The van der Waals surface area contributed by atoms with Crippen LogP contribution in [0.2, 0.25) is 0 Å². The van der Waals surface area contributed by atoms with Crippen molar-refractivity contribution >= 4 is 49.6 Å². The molecular weight excluding hydrogens is 530 g/mol. The van der Waals surface area contributed by atoms with Crippen LogP contribution < -0.4 is 4.74 Å². The highest BCUT2D eigenvalue weighted by Crippen LogP contribution is 2.33. The predicted octanol–water partition coefficient (Wildman–Crippen LogP) is 5.12. The van der Waals surface area contributed by atoms with Crippen molar-refractivity contribution in [2.24, 2.45) is 0 Å². The van der Waals surface area contributed by atoms with Gasteiger partial charge in [-0.1, -0.05) is 52.6 Å². The summed E-state index contributed by atoms with van der Waals surface area (Å²) in [6.45, 7) is 6.25. The third-order valence-corrected chi connectivity index (χ3v) is 5.80. The number of halogens is 2. The molecule has 0 saturated heterocycles. The molecule has 2 amide bonds. The van der Waals surface area contributed by atoms with Gasteiger partial charge in [0.2, 0.25) is 0 Å². The van der Waals surface area contributed by atoms with Crippen molar-refractivity contribution in [2.75, 3.05) is 19.8 Å². The van der Waals surface area contributed by atoms with Crippen LogP contribution in [0.4, 0.5) is 0 Å². The van der Waals surface area contributed by atoms with Crippen molar-refractivity contribution in [1.29, 1.82) is 0 Å². The summed E-state index contributed by atoms with van der Waals surface area (Å²) in [5.41, 5.74) is 1.61. The van der Waals surface area contributed by atoms with Gasteiger partial charge in [0.1, 0.15) is 5.75 Å². The quantitative estimate of drug-likeness (QED) is 0.271. The number of amides is 2. The molecule has 1 heterocycles. The Morgan fingerprint density at radius 1 is 0.968 bits per heavy atom. The van der Waals surface area contributed by atoms with Crippen molar-refractivity contribution in [3.63, 3.8) is 0 Å². The first-order valence-electron chi connectivity index (χ1n) is 9.82. The van der Waals surface area contributed by atoms with Crippen molar-refractivity contribution in [3.05, 3.63) is 62.0 Å². The van der Waals surface area contributed by atoms with Crippen LogP contribution in [0.15, 0.2) is 45.3 Å². The Morgan fingerprint density at radius 3 is 2.32 bits per heavy atom. The van der Waals surface area contributed by atoms with Gasteiger partial charge in [-0.3, -0.25) is 14.5 Å². The van der Waals surface area contributed by atoms with Gasteiger partial charge in [0.25, 0.3) is 11.8 Å². The first kappa shape index (κ1) is 23.5. The Kier molecular flexibility index (Phi) is 7.21. The molecule has 0 aromatic heterocycles. The topological polar surface area (TPSA) is 72.9 Å². The maximum atomic E-state index is 12.4. The van der Waals surface area contributed by atoms with E-state index in [1.54, 1.807) is 18.2 Å². The van der Waals surface area contributed by atoms with Gasteiger partial charge in [-0.05, 0) is 48.2 Å². The fourth-order valence-electron chi connectivity index (χ4n) is 3.27. The number of carbonyl (C=O) groups excluding carboxylic acids is 3. The molecule has 0 radical (unpaired) electrons. The van der Waals surface area contributed by atoms with Gasteiger partial charge in [0, 0.05) is 21.1 Å². The van der Waals surface area contributed by atoms with Gasteiger partial charge in [0.15, 0.2) is 6.61 Å². The van der Waals surface area contributed by atoms with Crippen LogP contribution in [0.3, 0.4) is 0 Å². The average molecular weight is 553 g/mol. The van der Waals surface area contributed by atoms with E-state index in [4.69, 9.17) is 9.47 Å². The summed E-state index contributed by atoms with van der Waals surface area (Å²) in [5, 5.41) is 0. The monoisotopic (exact) mass is 551 g/mol. The Balaban J connectivity index is 1.47. The molecule has 1 aliphatic heterocycles. The summed E-state index contributed by atoms with van der Waals surface area (Å²) in [6.07, 6.45) is 0.351. The van der Waals surface area contributed by atoms with Gasteiger partial charge in [-0.15, -0.1) is 0 Å². The minimum atomic E-state index is -0.505. The molecule has 8 heteroatoms. The zero-order valence-electron chi connectivity index (χ0n) is 17.5. The number of esters is 1. The molecule has 1 aliphatic rings. The third-order valence-electron chi connectivity index (χ3n) is 4.82. The van der Waals surface area contributed by atoms with E-state index in [1.807, 2.05) is 18.2 Å². The molecule has 0 spiro atoms. The van der Waals surface area contributed by atoms with Gasteiger partial charge in [-0.2, -0.15) is 0 Å². The summed E-state index contributed by atoms with van der Waals surface area (Å²) in [5.74, 6) is -0.535. The normalized spacial score (nSPS) is 13.4. The Morgan fingerprint density at radius 2 is 1.61 bits per heavy atom. The molecule has 164 valence electrons. The van der Waals surface area contributed by atoms with Crippen LogP contribution in [0.25, 0.3) is 0 Å². The van der Waals surface area contributed by atoms with Gasteiger partial charge >= 0.3 is 5.97 Å². The van der Waals surface area contributed by atoms with E-state index < -0.39 is 5.97 Å². The summed E-state index contributed by atoms with van der Waals surface area (Å²) in [4.78, 5) is 38.1. The van der Waals surface area contributed by atoms with Crippen LogP contribution in [0.5, 0.6) is 5.75 Å². The number of carbonyl (C=O) groups is 3. The minimum Gasteiger partial charge on any atom is -0.482 e. The average Bonchev–Trinajstić information content (AvgIpc) is 2.93. The fraction of sp³-hybridized carbons (Fsp3) is 0.348. The highest BCUT2D eigenvalue weighted by molar-refractivity contribution is 9.10. The van der Waals surface area contributed by atoms with Gasteiger partial charge < -0.3 is 9.47 Å². The van der Waals surface area contributed by atoms with Crippen molar-refractivity contribution < 1.29 is 23.9 Å². The summed E-state index contributed by atoms with van der Waals surface area (Å²) in [7, 11) is 0. The number of hydrogen-bond donors (Lipinski definition) is 0. The van der Waals surface area contributed by atoms with Gasteiger partial charge in [0.05, 0.1) is 17.7 Å². The molecule has 0 unspecified atom stereocenters. The second kappa shape index (κ2) is 9.53. The number of nitrogens with zero attached hydrogens (tertiary/aromatic N) is 1. The maximum absolute atomic E-state index is 12.4. The fourth-order valence-corrected chi connectivity index (χ4v) is 3.99. The molecular formula is C23H23Br2NO5. The van der Waals surface area contributed by atoms with Crippen LogP contribution in [0, 0.1) is 0 Å². The van der Waals surface area contributed by atoms with E-state index in [9.17, 15) is 14.4 Å². The molecule has 0 aliphatic carbocycles. The Bertz CT molecular complexity index is 1030. The molecule has 0 saturated carbocycles. The predicted molar refractivity (Wildman–Crippen MR) is 123 cm³/mol. The van der Waals surface area contributed by atoms with Gasteiger partial charge in [-0.25, -0.2) is 4.79 Å². The minimum absolute atomic E-state index is 0.0890. The molecule has 6 nitrogen and oxygen atoms in total. The highest BCUT2D eigenvalue weighted by atomic mass is 79.9. The first-order chi connectivity index (χ1) is 14.6. The molecule has 0 atom stereocenters. The summed E-state index contributed by atoms with van der Waals surface area (Å²) < 4.78 is 12.6. The van der Waals surface area contributed by atoms with E-state index in [0.717, 1.165) is 14.5 Å². The van der Waals surface area contributed by atoms with E-state index in [0.29, 0.717) is 23.3 Å². The Hall–Kier alpha value is -2.19. The molecule has 0 fully saturated rings. The lowest BCUT2D eigenvalue weighted by Gasteiger charge is -2.23. The lowest BCUT2D eigenvalue weighted by molar-refractivity contribution is -0.146. The summed E-state index contributed by atoms with van der Waals surface area (Å²) >= 11 is 6.77. The van der Waals surface area contributed by atoms with E-state index >= 15 is 0 Å². The number of hydrogen-bond acceptors (Lipinski definition) is 5. The lowest BCUT2D eigenvalue weighted by atomic mass is 9.86. The van der Waals surface area contributed by atoms with Crippen molar-refractivity contribution in [2.45, 2.75) is 32.6 Å².